The van der Waals surface area contributed by atoms with Crippen molar-refractivity contribution in [1.29, 1.82) is 0 Å². The minimum Gasteiger partial charge on any atom is -0.445 e. The number of carbonyl (C=O) groups excluding carboxylic acids is 1. The second-order valence-electron chi connectivity index (χ2n) is 11.2. The van der Waals surface area contributed by atoms with E-state index in [9.17, 15) is 9.59 Å². The number of rotatable bonds is 7. The van der Waals surface area contributed by atoms with Crippen LogP contribution in [0.1, 0.15) is 42.2 Å². The number of hydrogen-bond donors (Lipinski definition) is 3. The Bertz CT molecular complexity index is 2110. The van der Waals surface area contributed by atoms with Crippen molar-refractivity contribution in [1.82, 2.24) is 29.8 Å². The van der Waals surface area contributed by atoms with Crippen LogP contribution in [0.2, 0.25) is 10.0 Å². The predicted octanol–water partition coefficient (Wildman–Crippen LogP) is 7.94. The first kappa shape index (κ1) is 30.2. The second-order valence-corrected chi connectivity index (χ2v) is 12.9. The number of fused-ring (bicyclic) bond motifs is 3. The van der Waals surface area contributed by atoms with Gasteiger partial charge in [0.05, 0.1) is 42.7 Å². The summed E-state index contributed by atoms with van der Waals surface area (Å²) in [5.74, 6) is 0.894. The molecule has 1 aliphatic carbocycles. The maximum Gasteiger partial charge on any atom is 0.407 e. The number of aromatic nitrogens is 5. The van der Waals surface area contributed by atoms with Gasteiger partial charge >= 0.3 is 6.09 Å². The lowest BCUT2D eigenvalue weighted by Crippen LogP contribution is -2.41. The Balaban J connectivity index is 1.14. The van der Waals surface area contributed by atoms with Crippen molar-refractivity contribution in [3.05, 3.63) is 97.0 Å². The van der Waals surface area contributed by atoms with Crippen molar-refractivity contribution in [3.8, 4) is 11.5 Å². The number of nitrogens with zero attached hydrogens (tertiary/aromatic N) is 4. The van der Waals surface area contributed by atoms with Crippen LogP contribution in [-0.2, 0) is 18.4 Å². The number of thiazole rings is 1. The van der Waals surface area contributed by atoms with Gasteiger partial charge in [0.2, 0.25) is 5.95 Å². The van der Waals surface area contributed by atoms with Crippen LogP contribution in [0.5, 0.6) is 0 Å². The molecule has 0 spiro atoms. The molecule has 3 aromatic carbocycles. The average molecular weight is 675 g/mol. The van der Waals surface area contributed by atoms with E-state index in [0.29, 0.717) is 55.1 Å². The molecule has 1 saturated carbocycles. The fourth-order valence-corrected chi connectivity index (χ4v) is 7.47. The minimum atomic E-state index is -0.437. The number of amides is 1. The largest absolute Gasteiger partial charge is 0.445 e. The molecule has 6 aromatic rings. The van der Waals surface area contributed by atoms with Crippen molar-refractivity contribution < 1.29 is 9.53 Å². The van der Waals surface area contributed by atoms with Gasteiger partial charge in [-0.3, -0.25) is 4.79 Å². The Hall–Kier alpha value is -4.45. The summed E-state index contributed by atoms with van der Waals surface area (Å²) in [5.41, 5.74) is 3.50. The number of H-pyrrole nitrogens is 1. The number of halogens is 2. The van der Waals surface area contributed by atoms with Gasteiger partial charge in [-0.05, 0) is 42.7 Å². The van der Waals surface area contributed by atoms with Crippen molar-refractivity contribution in [2.45, 2.75) is 44.2 Å². The van der Waals surface area contributed by atoms with Crippen LogP contribution < -0.4 is 16.2 Å². The summed E-state index contributed by atoms with van der Waals surface area (Å²) >= 11 is 14.2. The molecule has 1 amide bonds. The van der Waals surface area contributed by atoms with Gasteiger partial charge < -0.3 is 24.9 Å². The van der Waals surface area contributed by atoms with Crippen molar-refractivity contribution in [2.75, 3.05) is 5.32 Å². The number of hydrogen-bond acceptors (Lipinski definition) is 8. The van der Waals surface area contributed by atoms with Gasteiger partial charge in [-0.25, -0.2) is 19.7 Å². The van der Waals surface area contributed by atoms with Gasteiger partial charge in [0.15, 0.2) is 5.82 Å². The van der Waals surface area contributed by atoms with E-state index in [1.165, 1.54) is 11.3 Å². The minimum absolute atomic E-state index is 0.0376. The first-order valence-corrected chi connectivity index (χ1v) is 16.5. The number of ether oxygens (including phenoxy) is 1. The fourth-order valence-electron chi connectivity index (χ4n) is 5.97. The molecule has 2 atom stereocenters. The Kier molecular flexibility index (Phi) is 8.37. The van der Waals surface area contributed by atoms with Gasteiger partial charge in [-0.2, -0.15) is 0 Å². The number of benzene rings is 3. The van der Waals surface area contributed by atoms with Crippen LogP contribution in [0, 0.1) is 0 Å². The zero-order valence-electron chi connectivity index (χ0n) is 24.7. The Morgan fingerprint density at radius 3 is 2.57 bits per heavy atom. The van der Waals surface area contributed by atoms with Gasteiger partial charge in [-0.1, -0.05) is 72.4 Å². The number of anilines is 2. The molecule has 1 fully saturated rings. The molecule has 3 N–H and O–H groups in total. The summed E-state index contributed by atoms with van der Waals surface area (Å²) in [6.07, 6.45) is 3.36. The molecule has 3 heterocycles. The highest BCUT2D eigenvalue weighted by Gasteiger charge is 2.31. The predicted molar refractivity (Wildman–Crippen MR) is 182 cm³/mol. The molecule has 0 saturated heterocycles. The number of para-hydroxylation sites is 1. The van der Waals surface area contributed by atoms with Crippen LogP contribution >= 0.6 is 34.5 Å². The summed E-state index contributed by atoms with van der Waals surface area (Å²) in [5, 5.41) is 10.4. The van der Waals surface area contributed by atoms with Crippen LogP contribution in [0.25, 0.3) is 33.5 Å². The van der Waals surface area contributed by atoms with E-state index in [0.717, 1.165) is 36.3 Å². The summed E-state index contributed by atoms with van der Waals surface area (Å²) in [4.78, 5) is 43.5. The van der Waals surface area contributed by atoms with Gasteiger partial charge in [0.1, 0.15) is 12.3 Å². The summed E-state index contributed by atoms with van der Waals surface area (Å²) in [6, 6.07) is 18.4. The van der Waals surface area contributed by atoms with Crippen molar-refractivity contribution in [2.24, 2.45) is 7.05 Å². The topological polar surface area (TPSA) is 127 Å². The van der Waals surface area contributed by atoms with E-state index in [2.05, 4.69) is 20.6 Å². The highest BCUT2D eigenvalue weighted by molar-refractivity contribution is 7.10. The molecule has 1 aliphatic rings. The smallest absolute Gasteiger partial charge is 0.407 e. The normalized spacial score (nSPS) is 16.5. The summed E-state index contributed by atoms with van der Waals surface area (Å²) in [6.45, 7) is 0.213. The number of carbonyl (C=O) groups is 1. The monoisotopic (exact) mass is 673 g/mol. The molecule has 0 radical (unpaired) electrons. The molecule has 10 nitrogen and oxygen atoms in total. The molecular formula is C33H29Cl2N7O3S. The van der Waals surface area contributed by atoms with Crippen LogP contribution in [0.15, 0.2) is 70.8 Å². The molecule has 0 unspecified atom stereocenters. The van der Waals surface area contributed by atoms with E-state index in [4.69, 9.17) is 37.9 Å². The van der Waals surface area contributed by atoms with E-state index < -0.39 is 6.09 Å². The number of imidazole rings is 1. The maximum absolute atomic E-state index is 13.6. The van der Waals surface area contributed by atoms with Gasteiger partial charge in [0.25, 0.3) is 5.56 Å². The highest BCUT2D eigenvalue weighted by Crippen LogP contribution is 2.37. The Labute approximate surface area is 277 Å². The lowest BCUT2D eigenvalue weighted by molar-refractivity contribution is 0.131. The van der Waals surface area contributed by atoms with Crippen molar-refractivity contribution >= 4 is 74.2 Å². The molecule has 3 aromatic heterocycles. The van der Waals surface area contributed by atoms with E-state index in [1.54, 1.807) is 28.8 Å². The van der Waals surface area contributed by atoms with Crippen molar-refractivity contribution in [3.63, 3.8) is 0 Å². The molecule has 7 rings (SSSR count). The zero-order chi connectivity index (χ0) is 31.8. The molecule has 13 heteroatoms. The van der Waals surface area contributed by atoms with Gasteiger partial charge in [0, 0.05) is 24.4 Å². The van der Waals surface area contributed by atoms with E-state index >= 15 is 0 Å². The summed E-state index contributed by atoms with van der Waals surface area (Å²) in [7, 11) is 1.81. The quantitative estimate of drug-likeness (QED) is 0.157. The molecular weight excluding hydrogens is 645 g/mol. The van der Waals surface area contributed by atoms with Crippen LogP contribution in [-0.4, -0.2) is 36.6 Å². The van der Waals surface area contributed by atoms with Crippen LogP contribution in [0.4, 0.5) is 16.4 Å². The first-order valence-electron chi connectivity index (χ1n) is 14.9. The number of nitrogens with one attached hydrogen (secondary N) is 3. The van der Waals surface area contributed by atoms with Gasteiger partial charge in [-0.15, -0.1) is 11.3 Å². The lowest BCUT2D eigenvalue weighted by Gasteiger charge is -2.30. The second kappa shape index (κ2) is 12.7. The Morgan fingerprint density at radius 1 is 1.00 bits per heavy atom. The third kappa shape index (κ3) is 5.93. The third-order valence-corrected chi connectivity index (χ3v) is 9.88. The van der Waals surface area contributed by atoms with E-state index in [-0.39, 0.29) is 24.1 Å². The van der Waals surface area contributed by atoms with E-state index in [1.807, 2.05) is 48.8 Å². The first-order chi connectivity index (χ1) is 22.4. The molecule has 234 valence electrons. The molecule has 0 bridgehead atoms. The van der Waals surface area contributed by atoms with Crippen LogP contribution in [0.3, 0.4) is 0 Å². The standard InChI is InChI=1S/C33H29Cl2N7O3S/c1-42-28-24(38-32(42)40-27-20(34)11-7-12-21(27)35)15-14-23-26(28)30(43)41-29(36-23)25-17-46-31(37-25)19-10-5-6-13-22(19)39-33(44)45-16-18-8-3-2-4-9-18/h2-4,7-9,11-12,14-15,17,19,22H,5-6,10,13,16H2,1H3,(H,38,40)(H,39,44)(H,36,41,43)/t19-,22-/m1/s1. The maximum atomic E-state index is 13.6. The summed E-state index contributed by atoms with van der Waals surface area (Å²) < 4.78 is 7.27. The highest BCUT2D eigenvalue weighted by atomic mass is 35.5. The fraction of sp³-hybridized carbons (Fsp3) is 0.242. The average Bonchev–Trinajstić information content (AvgIpc) is 3.67. The number of aryl methyl sites for hydroxylation is 1. The molecule has 46 heavy (non-hydrogen) atoms. The Morgan fingerprint density at radius 2 is 1.76 bits per heavy atom. The molecule has 0 aliphatic heterocycles. The SMILES string of the molecule is Cn1c(Nc2c(Cl)cccc2Cl)nc2ccc3nc(-c4csc([C@@H]5CCCC[C@H]5NC(=O)OCc5ccccc5)n4)[nH]c(=O)c3c21. The lowest BCUT2D eigenvalue weighted by atomic mass is 9.85. The third-order valence-electron chi connectivity index (χ3n) is 8.27. The zero-order valence-corrected chi connectivity index (χ0v) is 27.0. The number of aromatic amines is 1. The number of alkyl carbamates (subject to hydrolysis) is 1.